The summed E-state index contributed by atoms with van der Waals surface area (Å²) in [6, 6.07) is 11.7. The number of ether oxygens (including phenoxy) is 2. The van der Waals surface area contributed by atoms with Crippen LogP contribution in [0, 0.1) is 5.82 Å². The summed E-state index contributed by atoms with van der Waals surface area (Å²) >= 11 is 5.95. The summed E-state index contributed by atoms with van der Waals surface area (Å²) in [7, 11) is 0. The Labute approximate surface area is 272 Å². The van der Waals surface area contributed by atoms with Gasteiger partial charge in [0.2, 0.25) is 5.82 Å². The lowest BCUT2D eigenvalue weighted by Crippen LogP contribution is -2.34. The fraction of sp³-hybridized carbons (Fsp3) is 0.394. The van der Waals surface area contributed by atoms with Crippen molar-refractivity contribution in [2.75, 3.05) is 19.7 Å². The van der Waals surface area contributed by atoms with Crippen molar-refractivity contribution in [1.29, 1.82) is 0 Å². The molecule has 9 nitrogen and oxygen atoms in total. The number of aldehydes is 1. The number of benzene rings is 2. The summed E-state index contributed by atoms with van der Waals surface area (Å²) in [5, 5.41) is 16.8. The highest BCUT2D eigenvalue weighted by atomic mass is 35.5. The lowest BCUT2D eigenvalue weighted by atomic mass is 9.87. The van der Waals surface area contributed by atoms with Crippen molar-refractivity contribution in [2.45, 2.75) is 63.0 Å². The monoisotopic (exact) mass is 673 g/mol. The average molecular weight is 674 g/mol. The van der Waals surface area contributed by atoms with Crippen molar-refractivity contribution in [3.05, 3.63) is 87.7 Å². The standard InChI is InChI=1S/C33H32ClF4N5O4/c1-32(25-6-5-22(34)16-26(25)35)46-28-4-2-3-23(29(28)47-32)19-7-11-43(12-8-19)18-27-24(20(9-13-44)10-14-45)15-21(17-39-27)30-40-31(42-41-30)33(36,37)38/h2-6,13,15-17,19-20,45H,7-12,14,18H2,1H3,(H,40,41,42)/t20?,32-/m0/s1. The van der Waals surface area contributed by atoms with Crippen LogP contribution in [0.25, 0.3) is 11.4 Å². The molecule has 1 unspecified atom stereocenters. The zero-order valence-corrected chi connectivity index (χ0v) is 26.1. The highest BCUT2D eigenvalue weighted by Gasteiger charge is 2.43. The van der Waals surface area contributed by atoms with Gasteiger partial charge in [-0.25, -0.2) is 4.39 Å². The highest BCUT2D eigenvalue weighted by Crippen LogP contribution is 2.50. The lowest BCUT2D eigenvalue weighted by Gasteiger charge is -2.33. The van der Waals surface area contributed by atoms with E-state index < -0.39 is 23.6 Å². The zero-order valence-electron chi connectivity index (χ0n) is 25.4. The van der Waals surface area contributed by atoms with Crippen LogP contribution in [-0.4, -0.2) is 56.2 Å². The first-order valence-electron chi connectivity index (χ1n) is 15.2. The van der Waals surface area contributed by atoms with Gasteiger partial charge in [-0.3, -0.25) is 9.88 Å². The first-order valence-corrected chi connectivity index (χ1v) is 15.6. The molecule has 0 spiro atoms. The Morgan fingerprint density at radius 1 is 1.17 bits per heavy atom. The minimum atomic E-state index is -4.68. The van der Waals surface area contributed by atoms with Crippen molar-refractivity contribution < 1.29 is 36.9 Å². The molecule has 0 amide bonds. The van der Waals surface area contributed by atoms with Crippen LogP contribution in [0.15, 0.2) is 48.7 Å². The lowest BCUT2D eigenvalue weighted by molar-refractivity contribution is -0.144. The van der Waals surface area contributed by atoms with E-state index >= 15 is 0 Å². The van der Waals surface area contributed by atoms with E-state index in [9.17, 15) is 27.5 Å². The number of H-pyrrole nitrogens is 1. The number of hydrogen-bond donors (Lipinski definition) is 2. The van der Waals surface area contributed by atoms with E-state index in [0.717, 1.165) is 24.7 Å². The Kier molecular flexibility index (Phi) is 9.23. The third kappa shape index (κ3) is 6.83. The molecule has 2 atom stereocenters. The molecule has 0 aliphatic carbocycles. The molecule has 6 rings (SSSR count). The number of fused-ring (bicyclic) bond motifs is 1. The number of nitrogens with one attached hydrogen (secondary N) is 1. The molecule has 4 heterocycles. The predicted octanol–water partition coefficient (Wildman–Crippen LogP) is 6.76. The number of aliphatic hydroxyl groups is 1. The minimum Gasteiger partial charge on any atom is -0.444 e. The average Bonchev–Trinajstić information content (AvgIpc) is 3.67. The second-order valence-electron chi connectivity index (χ2n) is 11.9. The quantitative estimate of drug-likeness (QED) is 0.140. The van der Waals surface area contributed by atoms with Crippen LogP contribution in [0.3, 0.4) is 0 Å². The number of aromatic nitrogens is 4. The van der Waals surface area contributed by atoms with Crippen LogP contribution >= 0.6 is 11.6 Å². The number of pyridine rings is 1. The number of aliphatic hydroxyl groups excluding tert-OH is 1. The minimum absolute atomic E-state index is 0.0937. The number of rotatable bonds is 10. The Morgan fingerprint density at radius 3 is 2.64 bits per heavy atom. The SMILES string of the molecule is C[C@]1(c2ccc(Cl)cc2F)Oc2cccc(C3CCN(Cc4ncc(-c5nnc(C(F)(F)F)[nH]5)cc4C(CC=O)CCO)CC3)c2O1. The third-order valence-electron chi connectivity index (χ3n) is 8.76. The molecule has 248 valence electrons. The van der Waals surface area contributed by atoms with Gasteiger partial charge >= 0.3 is 6.18 Å². The smallest absolute Gasteiger partial charge is 0.444 e. The second kappa shape index (κ2) is 13.2. The van der Waals surface area contributed by atoms with Crippen molar-refractivity contribution in [3.8, 4) is 22.9 Å². The van der Waals surface area contributed by atoms with Crippen LogP contribution in [0.5, 0.6) is 11.5 Å². The van der Waals surface area contributed by atoms with Gasteiger partial charge in [-0.1, -0.05) is 23.7 Å². The molecule has 2 aromatic carbocycles. The molecule has 1 saturated heterocycles. The predicted molar refractivity (Wildman–Crippen MR) is 163 cm³/mol. The van der Waals surface area contributed by atoms with Crippen LogP contribution in [0.4, 0.5) is 17.6 Å². The number of para-hydroxylation sites is 1. The van der Waals surface area contributed by atoms with E-state index in [2.05, 4.69) is 25.1 Å². The molecular weight excluding hydrogens is 642 g/mol. The molecule has 2 aromatic heterocycles. The van der Waals surface area contributed by atoms with Crippen molar-refractivity contribution in [1.82, 2.24) is 25.1 Å². The summed E-state index contributed by atoms with van der Waals surface area (Å²) < 4.78 is 66.7. The van der Waals surface area contributed by atoms with E-state index in [1.54, 1.807) is 31.2 Å². The topological polar surface area (TPSA) is 113 Å². The highest BCUT2D eigenvalue weighted by molar-refractivity contribution is 6.30. The normalized spacial score (nSPS) is 19.2. The first-order chi connectivity index (χ1) is 22.5. The fourth-order valence-corrected chi connectivity index (χ4v) is 6.53. The van der Waals surface area contributed by atoms with Gasteiger partial charge in [0.25, 0.3) is 5.79 Å². The number of aromatic amines is 1. The van der Waals surface area contributed by atoms with Crippen LogP contribution < -0.4 is 9.47 Å². The van der Waals surface area contributed by atoms with Crippen LogP contribution in [0.1, 0.15) is 72.7 Å². The van der Waals surface area contributed by atoms with Gasteiger partial charge in [-0.2, -0.15) is 13.2 Å². The maximum Gasteiger partial charge on any atom is 0.451 e. The van der Waals surface area contributed by atoms with Crippen LogP contribution in [0.2, 0.25) is 5.02 Å². The zero-order chi connectivity index (χ0) is 33.3. The van der Waals surface area contributed by atoms with Gasteiger partial charge in [0.05, 0.1) is 11.3 Å². The summed E-state index contributed by atoms with van der Waals surface area (Å²) in [5.41, 5.74) is 2.84. The van der Waals surface area contributed by atoms with E-state index in [0.29, 0.717) is 48.0 Å². The van der Waals surface area contributed by atoms with Gasteiger partial charge in [-0.05, 0) is 80.1 Å². The molecule has 14 heteroatoms. The Hall–Kier alpha value is -4.07. The Morgan fingerprint density at radius 2 is 1.96 bits per heavy atom. The molecule has 2 N–H and O–H groups in total. The number of carbonyl (C=O) groups excluding carboxylic acids is 1. The molecule has 0 bridgehead atoms. The van der Waals surface area contributed by atoms with Gasteiger partial charge in [0.1, 0.15) is 12.1 Å². The molecule has 1 fully saturated rings. The molecular formula is C33H32ClF4N5O4. The molecule has 2 aliphatic heterocycles. The molecule has 0 radical (unpaired) electrons. The number of halogens is 5. The fourth-order valence-electron chi connectivity index (χ4n) is 6.37. The van der Waals surface area contributed by atoms with Crippen LogP contribution in [-0.2, 0) is 23.3 Å². The number of piperidine rings is 1. The molecule has 2 aliphatic rings. The van der Waals surface area contributed by atoms with Gasteiger partial charge in [-0.15, -0.1) is 10.2 Å². The maximum atomic E-state index is 14.8. The number of likely N-dealkylation sites (tertiary alicyclic amines) is 1. The summed E-state index contributed by atoms with van der Waals surface area (Å²) in [5.74, 6) is -2.31. The molecule has 0 saturated carbocycles. The van der Waals surface area contributed by atoms with E-state index in [1.807, 2.05) is 12.1 Å². The van der Waals surface area contributed by atoms with Gasteiger partial charge in [0, 0.05) is 48.8 Å². The molecule has 47 heavy (non-hydrogen) atoms. The number of nitrogens with zero attached hydrogens (tertiary/aromatic N) is 4. The maximum absolute atomic E-state index is 14.8. The Balaban J connectivity index is 1.19. The number of hydrogen-bond acceptors (Lipinski definition) is 8. The van der Waals surface area contributed by atoms with E-state index in [4.69, 9.17) is 21.1 Å². The summed E-state index contributed by atoms with van der Waals surface area (Å²) in [4.78, 5) is 20.6. The molecule has 4 aromatic rings. The second-order valence-corrected chi connectivity index (χ2v) is 12.3. The van der Waals surface area contributed by atoms with Crippen molar-refractivity contribution >= 4 is 17.9 Å². The summed E-state index contributed by atoms with van der Waals surface area (Å²) in [6.45, 7) is 3.35. The van der Waals surface area contributed by atoms with Crippen molar-refractivity contribution in [2.24, 2.45) is 0 Å². The number of carbonyl (C=O) groups is 1. The number of alkyl halides is 3. The van der Waals surface area contributed by atoms with Gasteiger partial charge in [0.15, 0.2) is 17.3 Å². The summed E-state index contributed by atoms with van der Waals surface area (Å²) in [6.07, 6.45) is -0.521. The first kappa shape index (κ1) is 32.9. The Bertz CT molecular complexity index is 1760. The van der Waals surface area contributed by atoms with E-state index in [-0.39, 0.29) is 47.7 Å². The van der Waals surface area contributed by atoms with Gasteiger partial charge < -0.3 is 24.4 Å². The largest absolute Gasteiger partial charge is 0.451 e. The van der Waals surface area contributed by atoms with Crippen molar-refractivity contribution in [3.63, 3.8) is 0 Å². The third-order valence-corrected chi connectivity index (χ3v) is 9.00. The van der Waals surface area contributed by atoms with E-state index in [1.165, 1.54) is 12.3 Å².